The molecule has 1 atom stereocenters. The maximum Gasteiger partial charge on any atom is 0.219 e. The van der Waals surface area contributed by atoms with E-state index >= 15 is 0 Å². The fraction of sp³-hybridized carbons (Fsp3) is 0.481. The van der Waals surface area contributed by atoms with Crippen molar-refractivity contribution in [3.8, 4) is 11.5 Å². The van der Waals surface area contributed by atoms with Crippen LogP contribution in [0.3, 0.4) is 0 Å². The molecule has 0 aliphatic carbocycles. The average Bonchev–Trinajstić information content (AvgIpc) is 3.07. The quantitative estimate of drug-likeness (QED) is 0.305. The Hall–Kier alpha value is -1.78. The van der Waals surface area contributed by atoms with Crippen molar-refractivity contribution in [2.45, 2.75) is 54.7 Å². The zero-order valence-electron chi connectivity index (χ0n) is 20.3. The number of hydrogen-bond donors (Lipinski definition) is 1. The highest BCUT2D eigenvalue weighted by Gasteiger charge is 2.23. The maximum absolute atomic E-state index is 11.9. The van der Waals surface area contributed by atoms with Gasteiger partial charge in [0.15, 0.2) is 11.5 Å². The Balaban J connectivity index is 1.66. The fourth-order valence-electron chi connectivity index (χ4n) is 4.54. The Kier molecular flexibility index (Phi) is 9.74. The number of aryl methyl sites for hydroxylation is 1. The van der Waals surface area contributed by atoms with Crippen molar-refractivity contribution in [1.82, 2.24) is 5.32 Å². The van der Waals surface area contributed by atoms with E-state index in [4.69, 9.17) is 19.2 Å². The molecule has 6 nitrogen and oxygen atoms in total. The van der Waals surface area contributed by atoms with Crippen molar-refractivity contribution in [2.75, 3.05) is 32.0 Å². The summed E-state index contributed by atoms with van der Waals surface area (Å²) >= 11 is 4.13. The molecule has 1 unspecified atom stereocenters. The number of thioether (sulfide) groups is 1. The smallest absolute Gasteiger partial charge is 0.219 e. The molecule has 2 aliphatic rings. The molecule has 8 heteroatoms. The summed E-state index contributed by atoms with van der Waals surface area (Å²) in [6.07, 6.45) is 5.16. The van der Waals surface area contributed by atoms with Crippen molar-refractivity contribution in [3.05, 3.63) is 53.1 Å². The number of halogens is 1. The summed E-state index contributed by atoms with van der Waals surface area (Å²) in [5.74, 6) is 1.52. The summed E-state index contributed by atoms with van der Waals surface area (Å²) in [5.41, 5.74) is 4.32. The number of alkyl halides is 1. The number of carbonyl (C=O) groups excluding carboxylic acids is 1. The molecular weight excluding hydrogens is 575 g/mol. The molecule has 1 amide bonds. The van der Waals surface area contributed by atoms with Gasteiger partial charge < -0.3 is 19.5 Å². The third kappa shape index (κ3) is 6.92. The number of nitrogens with one attached hydrogen (secondary N) is 1. The Morgan fingerprint density at radius 3 is 2.63 bits per heavy atom. The predicted octanol–water partition coefficient (Wildman–Crippen LogP) is 5.42. The summed E-state index contributed by atoms with van der Waals surface area (Å²) < 4.78 is 17.5. The summed E-state index contributed by atoms with van der Waals surface area (Å²) in [5, 5.41) is 3.34. The highest BCUT2D eigenvalue weighted by molar-refractivity contribution is 14.1. The van der Waals surface area contributed by atoms with Gasteiger partial charge in [0, 0.05) is 48.0 Å². The van der Waals surface area contributed by atoms with E-state index in [0.717, 1.165) is 73.7 Å². The number of ether oxygens (including phenoxy) is 3. The SMILES string of the molecule is CNC(=O)CCC1CCc2cc(OC)c(OCI)cc2C(c2ccc(SC3CCOCC3)cc2)=N1. The van der Waals surface area contributed by atoms with Crippen LogP contribution >= 0.6 is 34.4 Å². The first-order chi connectivity index (χ1) is 17.1. The monoisotopic (exact) mass is 608 g/mol. The minimum absolute atomic E-state index is 0.0532. The van der Waals surface area contributed by atoms with Crippen LogP contribution in [-0.4, -0.2) is 54.9 Å². The third-order valence-corrected chi connectivity index (χ3v) is 8.16. The van der Waals surface area contributed by atoms with Crippen LogP contribution in [0.25, 0.3) is 0 Å². The summed E-state index contributed by atoms with van der Waals surface area (Å²) in [6, 6.07) is 13.0. The lowest BCUT2D eigenvalue weighted by atomic mass is 9.95. The van der Waals surface area contributed by atoms with Crippen LogP contribution in [0, 0.1) is 0 Å². The Labute approximate surface area is 225 Å². The molecular formula is C27H33IN2O4S. The van der Waals surface area contributed by atoms with E-state index in [1.54, 1.807) is 14.2 Å². The molecule has 4 rings (SSSR count). The summed E-state index contributed by atoms with van der Waals surface area (Å²) in [6.45, 7) is 1.71. The lowest BCUT2D eigenvalue weighted by molar-refractivity contribution is -0.120. The molecule has 188 valence electrons. The molecule has 2 heterocycles. The first kappa shape index (κ1) is 26.3. The zero-order valence-corrected chi connectivity index (χ0v) is 23.3. The van der Waals surface area contributed by atoms with Crippen molar-refractivity contribution in [1.29, 1.82) is 0 Å². The summed E-state index contributed by atoms with van der Waals surface area (Å²) in [4.78, 5) is 18.4. The van der Waals surface area contributed by atoms with Gasteiger partial charge in [0.2, 0.25) is 5.91 Å². The average molecular weight is 609 g/mol. The molecule has 2 aromatic rings. The van der Waals surface area contributed by atoms with E-state index in [9.17, 15) is 4.79 Å². The molecule has 0 radical (unpaired) electrons. The van der Waals surface area contributed by atoms with Gasteiger partial charge in [-0.3, -0.25) is 9.79 Å². The second-order valence-corrected chi connectivity index (χ2v) is 10.7. The van der Waals surface area contributed by atoms with Crippen LogP contribution in [0.2, 0.25) is 0 Å². The third-order valence-electron chi connectivity index (χ3n) is 6.50. The Morgan fingerprint density at radius 2 is 1.94 bits per heavy atom. The van der Waals surface area contributed by atoms with Gasteiger partial charge in [0.05, 0.1) is 18.9 Å². The molecule has 1 fully saturated rings. The molecule has 0 spiro atoms. The van der Waals surface area contributed by atoms with Gasteiger partial charge in [0.25, 0.3) is 0 Å². The normalized spacial score (nSPS) is 18.3. The minimum Gasteiger partial charge on any atom is -0.493 e. The molecule has 1 N–H and O–H groups in total. The van der Waals surface area contributed by atoms with E-state index in [0.29, 0.717) is 16.3 Å². The number of aliphatic imine (C=N–C) groups is 1. The highest BCUT2D eigenvalue weighted by atomic mass is 127. The van der Waals surface area contributed by atoms with Crippen molar-refractivity contribution < 1.29 is 19.0 Å². The molecule has 35 heavy (non-hydrogen) atoms. The largest absolute Gasteiger partial charge is 0.493 e. The van der Waals surface area contributed by atoms with E-state index < -0.39 is 0 Å². The predicted molar refractivity (Wildman–Crippen MR) is 150 cm³/mol. The lowest BCUT2D eigenvalue weighted by Gasteiger charge is -2.21. The highest BCUT2D eigenvalue weighted by Crippen LogP contribution is 2.36. The van der Waals surface area contributed by atoms with Crippen molar-refractivity contribution in [2.24, 2.45) is 4.99 Å². The van der Waals surface area contributed by atoms with E-state index in [-0.39, 0.29) is 11.9 Å². The fourth-order valence-corrected chi connectivity index (χ4v) is 5.98. The first-order valence-electron chi connectivity index (χ1n) is 12.1. The van der Waals surface area contributed by atoms with Crippen LogP contribution in [0.1, 0.15) is 48.8 Å². The number of fused-ring (bicyclic) bond motifs is 1. The second kappa shape index (κ2) is 13.0. The van der Waals surface area contributed by atoms with Crippen molar-refractivity contribution in [3.63, 3.8) is 0 Å². The van der Waals surface area contributed by atoms with Gasteiger partial charge in [-0.2, -0.15) is 0 Å². The molecule has 2 aliphatic heterocycles. The van der Waals surface area contributed by atoms with Gasteiger partial charge in [-0.1, -0.05) is 12.1 Å². The van der Waals surface area contributed by atoms with E-state index in [1.165, 1.54) is 10.5 Å². The number of hydrogen-bond acceptors (Lipinski definition) is 6. The van der Waals surface area contributed by atoms with E-state index in [1.807, 2.05) is 11.8 Å². The number of amides is 1. The van der Waals surface area contributed by atoms with Gasteiger partial charge >= 0.3 is 0 Å². The zero-order chi connectivity index (χ0) is 24.6. The van der Waals surface area contributed by atoms with Gasteiger partial charge in [-0.15, -0.1) is 11.8 Å². The van der Waals surface area contributed by atoms with Crippen LogP contribution in [0.5, 0.6) is 11.5 Å². The number of methoxy groups -OCH3 is 1. The Bertz CT molecular complexity index is 1040. The number of benzene rings is 2. The van der Waals surface area contributed by atoms with Gasteiger partial charge in [-0.25, -0.2) is 0 Å². The van der Waals surface area contributed by atoms with Crippen molar-refractivity contribution >= 4 is 46.0 Å². The number of nitrogens with zero attached hydrogens (tertiary/aromatic N) is 1. The van der Waals surface area contributed by atoms with Gasteiger partial charge in [-0.05, 0) is 84.5 Å². The molecule has 0 bridgehead atoms. The summed E-state index contributed by atoms with van der Waals surface area (Å²) in [7, 11) is 3.36. The van der Waals surface area contributed by atoms with Crippen LogP contribution < -0.4 is 14.8 Å². The molecule has 0 saturated carbocycles. The topological polar surface area (TPSA) is 69.2 Å². The van der Waals surface area contributed by atoms with E-state index in [2.05, 4.69) is 64.3 Å². The number of carbonyl (C=O) groups is 1. The standard InChI is InChI=1S/C27H33IN2O4S/c1-29-26(31)10-7-20-6-3-19-15-24(32-2)25(34-17-28)16-23(19)27(30-20)18-4-8-21(9-5-18)35-22-11-13-33-14-12-22/h4-5,8-9,15-16,20,22H,3,6-7,10-14,17H2,1-2H3,(H,29,31). The van der Waals surface area contributed by atoms with Crippen LogP contribution in [-0.2, 0) is 16.0 Å². The Morgan fingerprint density at radius 1 is 1.17 bits per heavy atom. The molecule has 1 saturated heterocycles. The number of rotatable bonds is 9. The minimum atomic E-state index is 0.0532. The van der Waals surface area contributed by atoms with Crippen LogP contribution in [0.15, 0.2) is 46.3 Å². The molecule has 2 aromatic carbocycles. The first-order valence-corrected chi connectivity index (χ1v) is 14.5. The van der Waals surface area contributed by atoms with Crippen LogP contribution in [0.4, 0.5) is 0 Å². The lowest BCUT2D eigenvalue weighted by Crippen LogP contribution is -2.20. The molecule has 0 aromatic heterocycles. The maximum atomic E-state index is 11.9. The van der Waals surface area contributed by atoms with Gasteiger partial charge in [0.1, 0.15) is 4.61 Å². The second-order valence-electron chi connectivity index (χ2n) is 8.75.